The Balaban J connectivity index is 3.29. The molecule has 0 heterocycles. The lowest BCUT2D eigenvalue weighted by Gasteiger charge is -1.93. The Morgan fingerprint density at radius 3 is 3.00 bits per heavy atom. The molecule has 0 fully saturated rings. The van der Waals surface area contributed by atoms with Crippen LogP contribution in [-0.2, 0) is 9.09 Å². The van der Waals surface area contributed by atoms with Crippen LogP contribution in [0.15, 0.2) is 12.7 Å². The van der Waals surface area contributed by atoms with Crippen LogP contribution in [-0.4, -0.2) is 12.8 Å². The third-order valence-corrected chi connectivity index (χ3v) is 1.72. The van der Waals surface area contributed by atoms with Crippen LogP contribution in [0.2, 0.25) is 0 Å². The van der Waals surface area contributed by atoms with E-state index in [-0.39, 0.29) is 6.61 Å². The average Bonchev–Trinajstić information content (AvgIpc) is 1.85. The summed E-state index contributed by atoms with van der Waals surface area (Å²) in [5.74, 6) is 2.23. The van der Waals surface area contributed by atoms with E-state index in [4.69, 9.17) is 6.42 Å². The maximum atomic E-state index is 10.6. The summed E-state index contributed by atoms with van der Waals surface area (Å²) in [5.41, 5.74) is 0. The van der Waals surface area contributed by atoms with Gasteiger partial charge >= 0.3 is 0 Å². The van der Waals surface area contributed by atoms with Gasteiger partial charge in [0.2, 0.25) is 0 Å². The summed E-state index contributed by atoms with van der Waals surface area (Å²) in [6.07, 6.45) is 6.81. The average molecular weight is 144 g/mol. The molecule has 0 saturated carbocycles. The van der Waals surface area contributed by atoms with Gasteiger partial charge in [0, 0.05) is 6.16 Å². The molecule has 0 bridgehead atoms. The van der Waals surface area contributed by atoms with Gasteiger partial charge in [-0.05, 0) is 0 Å². The normalized spacial score (nSPS) is 11.9. The van der Waals surface area contributed by atoms with Crippen molar-refractivity contribution in [2.24, 2.45) is 0 Å². The highest BCUT2D eigenvalue weighted by atomic mass is 31.1. The number of hydrogen-bond donors (Lipinski definition) is 0. The zero-order chi connectivity index (χ0) is 7.11. The predicted molar refractivity (Wildman–Crippen MR) is 38.9 cm³/mol. The number of allylic oxidation sites excluding steroid dienone is 1. The largest absolute Gasteiger partial charge is 0.317 e. The van der Waals surface area contributed by atoms with Crippen LogP contribution in [0.4, 0.5) is 0 Å². The van der Waals surface area contributed by atoms with E-state index in [2.05, 4.69) is 17.0 Å². The summed E-state index contributed by atoms with van der Waals surface area (Å²) in [6, 6.07) is 0. The van der Waals surface area contributed by atoms with Crippen molar-refractivity contribution in [1.82, 2.24) is 0 Å². The highest BCUT2D eigenvalue weighted by Crippen LogP contribution is 2.20. The van der Waals surface area contributed by atoms with E-state index < -0.39 is 8.03 Å². The molecule has 0 aliphatic rings. The standard InChI is InChI=1S/C6H9O2P/c1-3-5-8-9(7)6-4-2/h1,4,9H,2,5-6H2. The van der Waals surface area contributed by atoms with Crippen LogP contribution in [0.3, 0.4) is 0 Å². The van der Waals surface area contributed by atoms with Crippen LogP contribution in [0.1, 0.15) is 0 Å². The SMILES string of the molecule is C#CCO[PH](=O)CC=C. The van der Waals surface area contributed by atoms with Gasteiger partial charge in [-0.3, -0.25) is 4.57 Å². The molecular weight excluding hydrogens is 135 g/mol. The maximum Gasteiger partial charge on any atom is 0.196 e. The smallest absolute Gasteiger partial charge is 0.196 e. The third-order valence-electron chi connectivity index (χ3n) is 0.627. The second-order valence-corrected chi connectivity index (χ2v) is 2.80. The molecule has 0 rings (SSSR count). The van der Waals surface area contributed by atoms with Crippen molar-refractivity contribution in [3.05, 3.63) is 12.7 Å². The molecule has 0 amide bonds. The van der Waals surface area contributed by atoms with Gasteiger partial charge in [-0.1, -0.05) is 12.0 Å². The molecule has 0 aromatic heterocycles. The van der Waals surface area contributed by atoms with Crippen molar-refractivity contribution in [2.75, 3.05) is 12.8 Å². The van der Waals surface area contributed by atoms with Crippen molar-refractivity contribution in [1.29, 1.82) is 0 Å². The van der Waals surface area contributed by atoms with Crippen LogP contribution < -0.4 is 0 Å². The molecule has 0 aromatic rings. The topological polar surface area (TPSA) is 26.3 Å². The Hall–Kier alpha value is -0.510. The van der Waals surface area contributed by atoms with Gasteiger partial charge in [0.05, 0.1) is 0 Å². The van der Waals surface area contributed by atoms with Gasteiger partial charge in [0.25, 0.3) is 0 Å². The minimum absolute atomic E-state index is 0.131. The molecule has 0 aliphatic carbocycles. The summed E-state index contributed by atoms with van der Waals surface area (Å²) < 4.78 is 15.3. The second kappa shape index (κ2) is 5.62. The minimum atomic E-state index is -1.91. The van der Waals surface area contributed by atoms with Gasteiger partial charge in [0.15, 0.2) is 8.03 Å². The van der Waals surface area contributed by atoms with Gasteiger partial charge < -0.3 is 4.52 Å². The van der Waals surface area contributed by atoms with Crippen molar-refractivity contribution in [3.8, 4) is 12.3 Å². The first-order valence-corrected chi connectivity index (χ1v) is 4.03. The van der Waals surface area contributed by atoms with Gasteiger partial charge in [-0.25, -0.2) is 0 Å². The molecule has 9 heavy (non-hydrogen) atoms. The van der Waals surface area contributed by atoms with Gasteiger partial charge in [0.1, 0.15) is 6.61 Å². The number of hydrogen-bond acceptors (Lipinski definition) is 2. The number of terminal acetylenes is 1. The van der Waals surface area contributed by atoms with Gasteiger partial charge in [-0.15, -0.1) is 13.0 Å². The van der Waals surface area contributed by atoms with Crippen LogP contribution >= 0.6 is 8.03 Å². The molecule has 0 radical (unpaired) electrons. The van der Waals surface area contributed by atoms with E-state index in [9.17, 15) is 4.57 Å². The molecule has 3 heteroatoms. The van der Waals surface area contributed by atoms with E-state index in [0.717, 1.165) is 0 Å². The van der Waals surface area contributed by atoms with Gasteiger partial charge in [-0.2, -0.15) is 0 Å². The zero-order valence-corrected chi connectivity index (χ0v) is 6.09. The van der Waals surface area contributed by atoms with E-state index in [0.29, 0.717) is 6.16 Å². The zero-order valence-electron chi connectivity index (χ0n) is 5.09. The fraction of sp³-hybridized carbons (Fsp3) is 0.333. The Morgan fingerprint density at radius 2 is 2.56 bits per heavy atom. The molecule has 1 atom stereocenters. The highest BCUT2D eigenvalue weighted by molar-refractivity contribution is 7.39. The van der Waals surface area contributed by atoms with E-state index in [1.54, 1.807) is 6.08 Å². The molecule has 50 valence electrons. The van der Waals surface area contributed by atoms with Crippen molar-refractivity contribution < 1.29 is 9.09 Å². The lowest BCUT2D eigenvalue weighted by Crippen LogP contribution is -1.80. The predicted octanol–water partition coefficient (Wildman–Crippen LogP) is 1.30. The lowest BCUT2D eigenvalue weighted by molar-refractivity contribution is 0.379. The maximum absolute atomic E-state index is 10.6. The fourth-order valence-corrected chi connectivity index (χ4v) is 0.897. The molecule has 2 nitrogen and oxygen atoms in total. The molecule has 1 unspecified atom stereocenters. The summed E-state index contributed by atoms with van der Waals surface area (Å²) in [5, 5.41) is 0. The first-order valence-electron chi connectivity index (χ1n) is 2.51. The molecule has 0 saturated heterocycles. The summed E-state index contributed by atoms with van der Waals surface area (Å²) in [6.45, 7) is 3.53. The first kappa shape index (κ1) is 8.49. The van der Waals surface area contributed by atoms with E-state index in [1.807, 2.05) is 0 Å². The highest BCUT2D eigenvalue weighted by Gasteiger charge is 1.91. The van der Waals surface area contributed by atoms with Crippen molar-refractivity contribution in [2.45, 2.75) is 0 Å². The lowest BCUT2D eigenvalue weighted by atomic mass is 10.8. The molecule has 0 aliphatic heterocycles. The van der Waals surface area contributed by atoms with Crippen LogP contribution in [0, 0.1) is 12.3 Å². The molecule has 0 N–H and O–H groups in total. The third kappa shape index (κ3) is 5.36. The van der Waals surface area contributed by atoms with Crippen molar-refractivity contribution >= 4 is 8.03 Å². The monoisotopic (exact) mass is 144 g/mol. The number of rotatable bonds is 4. The van der Waals surface area contributed by atoms with E-state index >= 15 is 0 Å². The Labute approximate surface area is 55.8 Å². The second-order valence-electron chi connectivity index (χ2n) is 1.36. The van der Waals surface area contributed by atoms with E-state index in [1.165, 1.54) is 0 Å². The molecule has 0 spiro atoms. The summed E-state index contributed by atoms with van der Waals surface area (Å²) in [7, 11) is -1.91. The fourth-order valence-electron chi connectivity index (χ4n) is 0.299. The quantitative estimate of drug-likeness (QED) is 0.337. The Bertz CT molecular complexity index is 146. The van der Waals surface area contributed by atoms with Crippen molar-refractivity contribution in [3.63, 3.8) is 0 Å². The Kier molecular flexibility index (Phi) is 5.30. The molecular formula is C6H9O2P. The van der Waals surface area contributed by atoms with Crippen LogP contribution in [0.25, 0.3) is 0 Å². The molecule has 0 aromatic carbocycles. The Morgan fingerprint density at radius 1 is 1.89 bits per heavy atom. The van der Waals surface area contributed by atoms with Crippen LogP contribution in [0.5, 0.6) is 0 Å². The minimum Gasteiger partial charge on any atom is -0.317 e. The first-order chi connectivity index (χ1) is 4.31. The summed E-state index contributed by atoms with van der Waals surface area (Å²) in [4.78, 5) is 0. The summed E-state index contributed by atoms with van der Waals surface area (Å²) >= 11 is 0.